The van der Waals surface area contributed by atoms with E-state index >= 15 is 0 Å². The molecule has 0 rings (SSSR count). The van der Waals surface area contributed by atoms with E-state index in [0.717, 1.165) is 108 Å². The van der Waals surface area contributed by atoms with Crippen LogP contribution in [0.2, 0.25) is 0 Å². The molecule has 0 aliphatic carbocycles. The maximum atomic E-state index is 13.2. The predicted molar refractivity (Wildman–Crippen MR) is 455 cm³/mol. The van der Waals surface area contributed by atoms with E-state index in [1.807, 2.05) is 0 Å². The van der Waals surface area contributed by atoms with Crippen LogP contribution in [0.1, 0.15) is 485 Å². The van der Waals surface area contributed by atoms with Gasteiger partial charge in [0.1, 0.15) is 19.3 Å². The summed E-state index contributed by atoms with van der Waals surface area (Å²) in [5.41, 5.74) is 0. The molecule has 19 heteroatoms. The number of aliphatic hydroxyl groups is 1. The van der Waals surface area contributed by atoms with E-state index in [1.165, 1.54) is 295 Å². The highest BCUT2D eigenvalue weighted by Gasteiger charge is 2.31. The second kappa shape index (κ2) is 80.8. The second-order valence-corrected chi connectivity index (χ2v) is 36.8. The number of unbranched alkanes of at least 4 members (excludes halogenated alkanes) is 56. The van der Waals surface area contributed by atoms with Crippen LogP contribution in [0.15, 0.2) is 0 Å². The molecule has 17 nitrogen and oxygen atoms in total. The molecule has 0 saturated carbocycles. The first kappa shape index (κ1) is 108. The molecule has 110 heavy (non-hydrogen) atoms. The first-order valence-electron chi connectivity index (χ1n) is 46.9. The van der Waals surface area contributed by atoms with Crippen molar-refractivity contribution in [3.63, 3.8) is 0 Å². The number of phosphoric acid groups is 2. The lowest BCUT2D eigenvalue weighted by Crippen LogP contribution is -2.30. The Bertz CT molecular complexity index is 2120. The predicted octanol–water partition coefficient (Wildman–Crippen LogP) is 28.0. The fraction of sp³-hybridized carbons (Fsp3) is 0.956. The highest BCUT2D eigenvalue weighted by molar-refractivity contribution is 7.47. The van der Waals surface area contributed by atoms with Gasteiger partial charge >= 0.3 is 39.5 Å². The summed E-state index contributed by atoms with van der Waals surface area (Å²) in [6.07, 6.45) is 73.7. The van der Waals surface area contributed by atoms with Gasteiger partial charge in [-0.3, -0.25) is 37.3 Å². The zero-order chi connectivity index (χ0) is 80.8. The van der Waals surface area contributed by atoms with Crippen LogP contribution in [0.5, 0.6) is 0 Å². The molecule has 0 amide bonds. The third kappa shape index (κ3) is 82.6. The number of carbonyl (C=O) groups excluding carboxylic acids is 4. The van der Waals surface area contributed by atoms with Gasteiger partial charge in [-0.1, -0.05) is 434 Å². The van der Waals surface area contributed by atoms with Gasteiger partial charge in [-0.2, -0.15) is 0 Å². The zero-order valence-electron chi connectivity index (χ0n) is 72.7. The van der Waals surface area contributed by atoms with Crippen LogP contribution in [-0.2, 0) is 65.4 Å². The SMILES string of the molecule is CCCCCCCCCCCCCCCCCCCCCCCCC(=O)O[C@H](COC(=O)CCCCCCCCCCCCCCCCCCC(C)C)COP(=O)(O)OC[C@@H](O)COP(=O)(O)OC[C@@H](COC(=O)CCCCCCCCCCC(C)CC)OC(=O)CCCCCCCCCCCCCCCCC(C)C. The lowest BCUT2D eigenvalue weighted by atomic mass is 9.99. The molecule has 0 aromatic rings. The molecule has 0 heterocycles. The number of hydrogen-bond donors (Lipinski definition) is 3. The highest BCUT2D eigenvalue weighted by Crippen LogP contribution is 2.45. The largest absolute Gasteiger partial charge is 0.472 e. The van der Waals surface area contributed by atoms with E-state index in [4.69, 9.17) is 37.0 Å². The van der Waals surface area contributed by atoms with Crippen molar-refractivity contribution in [2.75, 3.05) is 39.6 Å². The molecule has 0 aliphatic heterocycles. The fourth-order valence-corrected chi connectivity index (χ4v) is 15.8. The van der Waals surface area contributed by atoms with Gasteiger partial charge in [-0.15, -0.1) is 0 Å². The molecule has 0 bridgehead atoms. The van der Waals surface area contributed by atoms with E-state index in [2.05, 4.69) is 48.5 Å². The summed E-state index contributed by atoms with van der Waals surface area (Å²) in [6, 6.07) is 0. The van der Waals surface area contributed by atoms with E-state index in [9.17, 15) is 43.2 Å². The van der Waals surface area contributed by atoms with Crippen molar-refractivity contribution >= 4 is 39.5 Å². The van der Waals surface area contributed by atoms with Crippen LogP contribution < -0.4 is 0 Å². The standard InChI is InChI=1S/C91H178O17P2/c1-8-10-11-12-13-14-15-16-17-18-19-20-21-22-23-28-34-39-44-53-60-67-74-90(95)107-86(78-101-88(93)72-65-58-51-43-38-33-27-25-24-26-31-36-41-48-55-62-69-82(3)4)80-105-109(97,98)103-76-85(92)77-104-110(99,100)106-81-87(79-102-89(94)73-66-59-52-47-46-50-57-64-71-84(7)9-2)108-91(96)75-68-61-54-45-40-35-30-29-32-37-42-49-56-63-70-83(5)6/h82-87,92H,8-81H2,1-7H3,(H,97,98)(H,99,100)/t84?,85-,86-,87-/m1/s1. The van der Waals surface area contributed by atoms with Crippen molar-refractivity contribution < 1.29 is 80.2 Å². The zero-order valence-corrected chi connectivity index (χ0v) is 74.5. The van der Waals surface area contributed by atoms with Crippen molar-refractivity contribution in [1.29, 1.82) is 0 Å². The summed E-state index contributed by atoms with van der Waals surface area (Å²) in [5.74, 6) is 0.286. The number of carbonyl (C=O) groups is 4. The van der Waals surface area contributed by atoms with Crippen LogP contribution in [0.4, 0.5) is 0 Å². The van der Waals surface area contributed by atoms with Crippen LogP contribution in [-0.4, -0.2) is 96.7 Å². The van der Waals surface area contributed by atoms with Crippen molar-refractivity contribution in [3.05, 3.63) is 0 Å². The first-order chi connectivity index (χ1) is 53.3. The van der Waals surface area contributed by atoms with E-state index in [0.29, 0.717) is 25.7 Å². The minimum atomic E-state index is -4.97. The molecule has 0 aromatic carbocycles. The van der Waals surface area contributed by atoms with Crippen LogP contribution in [0, 0.1) is 17.8 Å². The molecule has 654 valence electrons. The van der Waals surface area contributed by atoms with Crippen molar-refractivity contribution in [3.8, 4) is 0 Å². The van der Waals surface area contributed by atoms with E-state index < -0.39 is 97.5 Å². The molecule has 3 unspecified atom stereocenters. The normalized spacial score (nSPS) is 14.0. The summed E-state index contributed by atoms with van der Waals surface area (Å²) in [5, 5.41) is 10.7. The molecule has 0 aromatic heterocycles. The van der Waals surface area contributed by atoms with Crippen LogP contribution in [0.25, 0.3) is 0 Å². The van der Waals surface area contributed by atoms with Crippen LogP contribution >= 0.6 is 15.6 Å². The molecule has 0 spiro atoms. The molecule has 0 saturated heterocycles. The summed E-state index contributed by atoms with van der Waals surface area (Å²) < 4.78 is 69.1. The second-order valence-electron chi connectivity index (χ2n) is 33.9. The van der Waals surface area contributed by atoms with Crippen molar-refractivity contribution in [2.24, 2.45) is 17.8 Å². The Hall–Kier alpha value is -1.94. The average molecular weight is 1610 g/mol. The molecule has 6 atom stereocenters. The lowest BCUT2D eigenvalue weighted by molar-refractivity contribution is -0.161. The van der Waals surface area contributed by atoms with Gasteiger partial charge in [-0.25, -0.2) is 9.13 Å². The number of esters is 4. The minimum Gasteiger partial charge on any atom is -0.462 e. The Morgan fingerprint density at radius 3 is 0.691 bits per heavy atom. The van der Waals surface area contributed by atoms with Gasteiger partial charge in [-0.05, 0) is 43.4 Å². The van der Waals surface area contributed by atoms with Gasteiger partial charge in [0.25, 0.3) is 0 Å². The third-order valence-corrected chi connectivity index (χ3v) is 23.6. The number of ether oxygens (including phenoxy) is 4. The van der Waals surface area contributed by atoms with Crippen molar-refractivity contribution in [2.45, 2.75) is 503 Å². The Kier molecular flexibility index (Phi) is 79.4. The van der Waals surface area contributed by atoms with Gasteiger partial charge in [0.2, 0.25) is 0 Å². The number of phosphoric ester groups is 2. The minimum absolute atomic E-state index is 0.107. The number of aliphatic hydroxyl groups excluding tert-OH is 1. The van der Waals surface area contributed by atoms with Gasteiger partial charge in [0.15, 0.2) is 12.2 Å². The molecular formula is C91H178O17P2. The molecule has 0 radical (unpaired) electrons. The van der Waals surface area contributed by atoms with Crippen LogP contribution in [0.3, 0.4) is 0 Å². The maximum Gasteiger partial charge on any atom is 0.472 e. The lowest BCUT2D eigenvalue weighted by Gasteiger charge is -2.21. The molecule has 3 N–H and O–H groups in total. The number of rotatable bonds is 89. The quantitative estimate of drug-likeness (QED) is 0.0222. The Balaban J connectivity index is 5.25. The Morgan fingerprint density at radius 1 is 0.264 bits per heavy atom. The molecular weight excluding hydrogens is 1430 g/mol. The highest BCUT2D eigenvalue weighted by atomic mass is 31.2. The van der Waals surface area contributed by atoms with Gasteiger partial charge in [0.05, 0.1) is 26.4 Å². The van der Waals surface area contributed by atoms with E-state index in [-0.39, 0.29) is 25.7 Å². The Morgan fingerprint density at radius 2 is 0.464 bits per heavy atom. The first-order valence-corrected chi connectivity index (χ1v) is 49.9. The summed E-state index contributed by atoms with van der Waals surface area (Å²) >= 11 is 0. The fourth-order valence-electron chi connectivity index (χ4n) is 14.2. The van der Waals surface area contributed by atoms with E-state index in [1.54, 1.807) is 0 Å². The average Bonchev–Trinajstić information content (AvgIpc) is 0.897. The molecule has 0 aliphatic rings. The monoisotopic (exact) mass is 1610 g/mol. The topological polar surface area (TPSA) is 237 Å². The smallest absolute Gasteiger partial charge is 0.462 e. The summed E-state index contributed by atoms with van der Waals surface area (Å²) in [7, 11) is -9.94. The summed E-state index contributed by atoms with van der Waals surface area (Å²) in [6.45, 7) is 12.1. The van der Waals surface area contributed by atoms with Crippen molar-refractivity contribution in [1.82, 2.24) is 0 Å². The Labute approximate surface area is 677 Å². The number of hydrogen-bond acceptors (Lipinski definition) is 15. The maximum absolute atomic E-state index is 13.2. The summed E-state index contributed by atoms with van der Waals surface area (Å²) in [4.78, 5) is 73.4. The van der Waals surface area contributed by atoms with Gasteiger partial charge in [0, 0.05) is 25.7 Å². The molecule has 0 fully saturated rings. The third-order valence-electron chi connectivity index (χ3n) is 21.7. The van der Waals surface area contributed by atoms with Gasteiger partial charge < -0.3 is 33.8 Å².